The molecule has 0 bridgehead atoms. The summed E-state index contributed by atoms with van der Waals surface area (Å²) in [5.74, 6) is -0.0854. The fourth-order valence-electron chi connectivity index (χ4n) is 2.14. The quantitative estimate of drug-likeness (QED) is 0.804. The van der Waals surface area contributed by atoms with Gasteiger partial charge in [-0.05, 0) is 20.3 Å². The van der Waals surface area contributed by atoms with Crippen LogP contribution in [0.1, 0.15) is 44.4 Å². The van der Waals surface area contributed by atoms with Gasteiger partial charge in [0, 0.05) is 31.3 Å². The number of aryl methyl sites for hydroxylation is 2. The van der Waals surface area contributed by atoms with Crippen LogP contribution in [0.3, 0.4) is 0 Å². The van der Waals surface area contributed by atoms with E-state index in [0.29, 0.717) is 13.0 Å². The average molecular weight is 278 g/mol. The standard InChI is InChI=1S/C14H22N4O2/c1-4-6-7-15-14(19)13-8-12(17-20-13)11-9-18(5-2)16-10(11)3/h9,13H,4-8H2,1-3H3,(H,15,19). The first-order chi connectivity index (χ1) is 9.65. The van der Waals surface area contributed by atoms with Crippen LogP contribution in [0.5, 0.6) is 0 Å². The summed E-state index contributed by atoms with van der Waals surface area (Å²) in [5.41, 5.74) is 2.69. The molecule has 0 aliphatic carbocycles. The van der Waals surface area contributed by atoms with Crippen LogP contribution in [0.2, 0.25) is 0 Å². The van der Waals surface area contributed by atoms with E-state index >= 15 is 0 Å². The van der Waals surface area contributed by atoms with Gasteiger partial charge in [0.25, 0.3) is 5.91 Å². The lowest BCUT2D eigenvalue weighted by molar-refractivity contribution is -0.131. The third-order valence-corrected chi connectivity index (χ3v) is 3.37. The van der Waals surface area contributed by atoms with Crippen LogP contribution in [0.25, 0.3) is 0 Å². The largest absolute Gasteiger partial charge is 0.382 e. The Labute approximate surface area is 119 Å². The molecule has 6 nitrogen and oxygen atoms in total. The van der Waals surface area contributed by atoms with Gasteiger partial charge in [0.1, 0.15) is 0 Å². The number of unbranched alkanes of at least 4 members (excludes halogenated alkanes) is 1. The molecule has 1 amide bonds. The van der Waals surface area contributed by atoms with Crippen molar-refractivity contribution in [3.8, 4) is 0 Å². The molecule has 2 heterocycles. The average Bonchev–Trinajstić information content (AvgIpc) is 3.05. The highest BCUT2D eigenvalue weighted by Gasteiger charge is 2.29. The van der Waals surface area contributed by atoms with Crippen LogP contribution in [-0.4, -0.2) is 34.0 Å². The molecule has 1 atom stereocenters. The molecular weight excluding hydrogens is 256 g/mol. The maximum atomic E-state index is 11.9. The van der Waals surface area contributed by atoms with E-state index < -0.39 is 6.10 Å². The number of aromatic nitrogens is 2. The number of oxime groups is 1. The second-order valence-corrected chi connectivity index (χ2v) is 4.96. The number of hydrogen-bond acceptors (Lipinski definition) is 4. The number of carbonyl (C=O) groups excluding carboxylic acids is 1. The topological polar surface area (TPSA) is 68.5 Å². The summed E-state index contributed by atoms with van der Waals surface area (Å²) in [4.78, 5) is 17.2. The molecule has 1 unspecified atom stereocenters. The Morgan fingerprint density at radius 3 is 3.00 bits per heavy atom. The van der Waals surface area contributed by atoms with Gasteiger partial charge in [-0.3, -0.25) is 9.48 Å². The van der Waals surface area contributed by atoms with Crippen LogP contribution in [0.4, 0.5) is 0 Å². The monoisotopic (exact) mass is 278 g/mol. The van der Waals surface area contributed by atoms with Crippen molar-refractivity contribution >= 4 is 11.6 Å². The molecule has 0 aromatic carbocycles. The summed E-state index contributed by atoms with van der Waals surface area (Å²) in [7, 11) is 0. The Morgan fingerprint density at radius 2 is 2.35 bits per heavy atom. The Hall–Kier alpha value is -1.85. The minimum atomic E-state index is -0.508. The van der Waals surface area contributed by atoms with Crippen molar-refractivity contribution in [3.63, 3.8) is 0 Å². The van der Waals surface area contributed by atoms with Crippen LogP contribution in [-0.2, 0) is 16.2 Å². The lowest BCUT2D eigenvalue weighted by Crippen LogP contribution is -2.35. The highest BCUT2D eigenvalue weighted by Crippen LogP contribution is 2.19. The van der Waals surface area contributed by atoms with E-state index in [4.69, 9.17) is 4.84 Å². The fourth-order valence-corrected chi connectivity index (χ4v) is 2.14. The van der Waals surface area contributed by atoms with Gasteiger partial charge in [0.15, 0.2) is 0 Å². The van der Waals surface area contributed by atoms with Crippen molar-refractivity contribution in [2.45, 2.75) is 52.7 Å². The number of hydrogen-bond donors (Lipinski definition) is 1. The van der Waals surface area contributed by atoms with Gasteiger partial charge in [-0.1, -0.05) is 18.5 Å². The van der Waals surface area contributed by atoms with Crippen LogP contribution >= 0.6 is 0 Å². The number of rotatable bonds is 6. The Balaban J connectivity index is 1.94. The van der Waals surface area contributed by atoms with E-state index in [1.54, 1.807) is 0 Å². The fraction of sp³-hybridized carbons (Fsp3) is 0.643. The minimum Gasteiger partial charge on any atom is -0.382 e. The van der Waals surface area contributed by atoms with Gasteiger partial charge < -0.3 is 10.2 Å². The number of nitrogens with zero attached hydrogens (tertiary/aromatic N) is 3. The number of carbonyl (C=O) groups is 1. The summed E-state index contributed by atoms with van der Waals surface area (Å²) in [6.45, 7) is 7.58. The van der Waals surface area contributed by atoms with E-state index in [1.807, 2.05) is 24.7 Å². The third-order valence-electron chi connectivity index (χ3n) is 3.37. The molecule has 0 radical (unpaired) electrons. The summed E-state index contributed by atoms with van der Waals surface area (Å²) in [5, 5.41) is 11.3. The summed E-state index contributed by atoms with van der Waals surface area (Å²) < 4.78 is 1.86. The van der Waals surface area contributed by atoms with Crippen molar-refractivity contribution in [2.75, 3.05) is 6.54 Å². The van der Waals surface area contributed by atoms with Crippen molar-refractivity contribution in [1.29, 1.82) is 0 Å². The molecule has 1 aliphatic heterocycles. The van der Waals surface area contributed by atoms with E-state index in [0.717, 1.165) is 36.4 Å². The lowest BCUT2D eigenvalue weighted by Gasteiger charge is -2.08. The van der Waals surface area contributed by atoms with Gasteiger partial charge in [-0.2, -0.15) is 5.10 Å². The second-order valence-electron chi connectivity index (χ2n) is 4.96. The Kier molecular flexibility index (Phi) is 4.76. The zero-order valence-corrected chi connectivity index (χ0v) is 12.3. The van der Waals surface area contributed by atoms with E-state index in [-0.39, 0.29) is 5.91 Å². The van der Waals surface area contributed by atoms with Gasteiger partial charge in [-0.15, -0.1) is 0 Å². The van der Waals surface area contributed by atoms with Crippen LogP contribution < -0.4 is 5.32 Å². The molecule has 1 aromatic heterocycles. The van der Waals surface area contributed by atoms with Gasteiger partial charge in [0.2, 0.25) is 6.10 Å². The summed E-state index contributed by atoms with van der Waals surface area (Å²) in [6.07, 6.45) is 3.99. The maximum absolute atomic E-state index is 11.9. The first-order valence-electron chi connectivity index (χ1n) is 7.20. The molecule has 0 fully saturated rings. The molecule has 0 spiro atoms. The molecule has 1 N–H and O–H groups in total. The van der Waals surface area contributed by atoms with E-state index in [2.05, 4.69) is 22.5 Å². The molecule has 20 heavy (non-hydrogen) atoms. The zero-order chi connectivity index (χ0) is 14.5. The smallest absolute Gasteiger partial charge is 0.264 e. The molecule has 110 valence electrons. The summed E-state index contributed by atoms with van der Waals surface area (Å²) in [6, 6.07) is 0. The van der Waals surface area contributed by atoms with E-state index in [1.165, 1.54) is 0 Å². The van der Waals surface area contributed by atoms with Crippen LogP contribution in [0.15, 0.2) is 11.4 Å². The molecular formula is C14H22N4O2. The molecule has 1 aromatic rings. The molecule has 2 rings (SSSR count). The van der Waals surface area contributed by atoms with Crippen molar-refractivity contribution in [2.24, 2.45) is 5.16 Å². The second kappa shape index (κ2) is 6.54. The van der Waals surface area contributed by atoms with Gasteiger partial charge in [0.05, 0.1) is 11.4 Å². The first kappa shape index (κ1) is 14.6. The molecule has 0 saturated heterocycles. The lowest BCUT2D eigenvalue weighted by atomic mass is 10.1. The predicted octanol–water partition coefficient (Wildman–Crippen LogP) is 1.62. The Bertz CT molecular complexity index is 507. The first-order valence-corrected chi connectivity index (χ1v) is 7.20. The van der Waals surface area contributed by atoms with Crippen molar-refractivity contribution in [3.05, 3.63) is 17.5 Å². The highest BCUT2D eigenvalue weighted by molar-refractivity contribution is 6.04. The number of amides is 1. The number of nitrogens with one attached hydrogen (secondary N) is 1. The summed E-state index contributed by atoms with van der Waals surface area (Å²) >= 11 is 0. The van der Waals surface area contributed by atoms with Gasteiger partial charge >= 0.3 is 0 Å². The highest BCUT2D eigenvalue weighted by atomic mass is 16.6. The molecule has 1 aliphatic rings. The normalized spacial score (nSPS) is 17.8. The SMILES string of the molecule is CCCCNC(=O)C1CC(c2cn(CC)nc2C)=NO1. The van der Waals surface area contributed by atoms with E-state index in [9.17, 15) is 4.79 Å². The molecule has 0 saturated carbocycles. The maximum Gasteiger partial charge on any atom is 0.264 e. The van der Waals surface area contributed by atoms with Gasteiger partial charge in [-0.25, -0.2) is 0 Å². The van der Waals surface area contributed by atoms with Crippen LogP contribution in [0, 0.1) is 6.92 Å². The zero-order valence-electron chi connectivity index (χ0n) is 12.3. The predicted molar refractivity (Wildman–Crippen MR) is 76.6 cm³/mol. The molecule has 6 heteroatoms. The minimum absolute atomic E-state index is 0.0854. The third kappa shape index (κ3) is 3.18. The Morgan fingerprint density at radius 1 is 1.55 bits per heavy atom. The van der Waals surface area contributed by atoms with Crippen molar-refractivity contribution in [1.82, 2.24) is 15.1 Å². The van der Waals surface area contributed by atoms with Crippen molar-refractivity contribution < 1.29 is 9.63 Å².